The maximum absolute atomic E-state index is 12.4. The summed E-state index contributed by atoms with van der Waals surface area (Å²) in [6.45, 7) is 0.834. The molecule has 2 aromatic carbocycles. The second-order valence-corrected chi connectivity index (χ2v) is 5.90. The third-order valence-electron chi connectivity index (χ3n) is 4.14. The van der Waals surface area contributed by atoms with Gasteiger partial charge in [0.25, 0.3) is 5.91 Å². The first-order chi connectivity index (χ1) is 12.7. The molecule has 6 nitrogen and oxygen atoms in total. The van der Waals surface area contributed by atoms with Gasteiger partial charge < -0.3 is 15.0 Å². The van der Waals surface area contributed by atoms with Crippen molar-refractivity contribution in [2.75, 3.05) is 13.7 Å². The molecular weight excluding hydrogens is 330 g/mol. The zero-order valence-electron chi connectivity index (χ0n) is 14.6. The normalized spacial score (nSPS) is 10.5. The number of benzene rings is 2. The van der Waals surface area contributed by atoms with Gasteiger partial charge in [-0.1, -0.05) is 42.5 Å². The van der Waals surface area contributed by atoms with Crippen molar-refractivity contribution < 1.29 is 9.53 Å². The zero-order chi connectivity index (χ0) is 18.4. The van der Waals surface area contributed by atoms with E-state index >= 15 is 0 Å². The van der Waals surface area contributed by atoms with Crippen molar-refractivity contribution in [2.24, 2.45) is 0 Å². The molecule has 3 rings (SSSR count). The number of H-pyrrole nitrogens is 1. The van der Waals surface area contributed by atoms with E-state index in [1.807, 2.05) is 54.6 Å². The topological polar surface area (TPSA) is 76.1 Å². The van der Waals surface area contributed by atoms with Crippen molar-refractivity contribution >= 4 is 5.91 Å². The number of hydrogen-bond acceptors (Lipinski definition) is 3. The molecule has 0 fully saturated rings. The molecule has 3 aromatic rings. The van der Waals surface area contributed by atoms with Gasteiger partial charge in [-0.05, 0) is 29.7 Å². The monoisotopic (exact) mass is 351 g/mol. The Labute approximate surface area is 151 Å². The Hall–Kier alpha value is -3.28. The van der Waals surface area contributed by atoms with E-state index < -0.39 is 0 Å². The van der Waals surface area contributed by atoms with E-state index in [2.05, 4.69) is 10.3 Å². The number of carbonyl (C=O) groups is 1. The van der Waals surface area contributed by atoms with Crippen LogP contribution in [0.4, 0.5) is 0 Å². The van der Waals surface area contributed by atoms with Crippen molar-refractivity contribution in [1.82, 2.24) is 14.9 Å². The first-order valence-corrected chi connectivity index (χ1v) is 8.40. The summed E-state index contributed by atoms with van der Waals surface area (Å²) < 4.78 is 6.57. The number of hydrogen-bond donors (Lipinski definition) is 2. The number of nitrogens with zero attached hydrogens (tertiary/aromatic N) is 1. The molecule has 1 amide bonds. The lowest BCUT2D eigenvalue weighted by Gasteiger charge is -2.09. The lowest BCUT2D eigenvalue weighted by atomic mass is 10.1. The van der Waals surface area contributed by atoms with Crippen LogP contribution in [0.5, 0.6) is 5.75 Å². The molecule has 0 unspecified atom stereocenters. The number of nitrogens with one attached hydrogen (secondary N) is 2. The molecule has 1 heterocycles. The highest BCUT2D eigenvalue weighted by atomic mass is 16.5. The van der Waals surface area contributed by atoms with Gasteiger partial charge in [-0.3, -0.25) is 9.36 Å². The van der Waals surface area contributed by atoms with Gasteiger partial charge in [0, 0.05) is 12.7 Å². The standard InChI is InChI=1S/C20H21N3O3/c1-26-17-9-7-15(8-10-17)11-12-21-19(24)18-13-22-20(25)23(18)14-16-5-3-2-4-6-16/h2-10,13H,11-12,14H2,1H3,(H,21,24)(H,22,25). The summed E-state index contributed by atoms with van der Waals surface area (Å²) in [6, 6.07) is 17.3. The molecule has 0 aliphatic rings. The number of aromatic amines is 1. The Morgan fingerprint density at radius 2 is 1.81 bits per heavy atom. The molecule has 0 aliphatic heterocycles. The minimum absolute atomic E-state index is 0.271. The third kappa shape index (κ3) is 4.22. The number of ether oxygens (including phenoxy) is 1. The van der Waals surface area contributed by atoms with Crippen LogP contribution in [0.2, 0.25) is 0 Å². The summed E-state index contributed by atoms with van der Waals surface area (Å²) in [4.78, 5) is 27.1. The van der Waals surface area contributed by atoms with Crippen LogP contribution in [0.15, 0.2) is 65.6 Å². The van der Waals surface area contributed by atoms with E-state index in [0.717, 1.165) is 16.9 Å². The Balaban J connectivity index is 1.62. The fraction of sp³-hybridized carbons (Fsp3) is 0.200. The lowest BCUT2D eigenvalue weighted by molar-refractivity contribution is 0.0945. The maximum Gasteiger partial charge on any atom is 0.326 e. The molecule has 1 aromatic heterocycles. The summed E-state index contributed by atoms with van der Waals surface area (Å²) in [5.41, 5.74) is 2.09. The number of amides is 1. The molecule has 0 spiro atoms. The van der Waals surface area contributed by atoms with E-state index in [1.54, 1.807) is 7.11 Å². The van der Waals surface area contributed by atoms with Gasteiger partial charge in [-0.25, -0.2) is 4.79 Å². The smallest absolute Gasteiger partial charge is 0.326 e. The van der Waals surface area contributed by atoms with Crippen molar-refractivity contribution in [3.63, 3.8) is 0 Å². The van der Waals surface area contributed by atoms with Gasteiger partial charge in [-0.15, -0.1) is 0 Å². The van der Waals surface area contributed by atoms with E-state index in [1.165, 1.54) is 10.8 Å². The SMILES string of the molecule is COc1ccc(CCNC(=O)c2c[nH]c(=O)n2Cc2ccccc2)cc1. The zero-order valence-corrected chi connectivity index (χ0v) is 14.6. The van der Waals surface area contributed by atoms with Crippen molar-refractivity contribution in [1.29, 1.82) is 0 Å². The summed E-state index contributed by atoms with van der Waals surface area (Å²) in [6.07, 6.45) is 2.15. The number of rotatable bonds is 7. The molecule has 0 bridgehead atoms. The molecule has 2 N–H and O–H groups in total. The van der Waals surface area contributed by atoms with Crippen LogP contribution < -0.4 is 15.7 Å². The molecule has 0 atom stereocenters. The van der Waals surface area contributed by atoms with E-state index in [-0.39, 0.29) is 11.6 Å². The van der Waals surface area contributed by atoms with Gasteiger partial charge in [-0.2, -0.15) is 0 Å². The van der Waals surface area contributed by atoms with Crippen LogP contribution in [-0.4, -0.2) is 29.1 Å². The average Bonchev–Trinajstić information content (AvgIpc) is 3.03. The molecule has 0 saturated heterocycles. The number of aromatic nitrogens is 2. The van der Waals surface area contributed by atoms with E-state index in [4.69, 9.17) is 4.74 Å². The fourth-order valence-corrected chi connectivity index (χ4v) is 2.71. The van der Waals surface area contributed by atoms with Crippen molar-refractivity contribution in [2.45, 2.75) is 13.0 Å². The molecule has 0 radical (unpaired) electrons. The van der Waals surface area contributed by atoms with Gasteiger partial charge in [0.1, 0.15) is 11.4 Å². The molecule has 0 aliphatic carbocycles. The van der Waals surface area contributed by atoms with Gasteiger partial charge in [0.15, 0.2) is 0 Å². The molecule has 0 saturated carbocycles. The third-order valence-corrected chi connectivity index (χ3v) is 4.14. The predicted octanol–water partition coefficient (Wildman–Crippen LogP) is 2.21. The highest BCUT2D eigenvalue weighted by molar-refractivity contribution is 5.92. The second-order valence-electron chi connectivity index (χ2n) is 5.90. The summed E-state index contributed by atoms with van der Waals surface area (Å²) in [5.74, 6) is 0.530. The summed E-state index contributed by atoms with van der Waals surface area (Å²) in [7, 11) is 1.63. The average molecular weight is 351 g/mol. The Bertz CT molecular complexity index is 911. The predicted molar refractivity (Wildman–Crippen MR) is 99.6 cm³/mol. The second kappa shape index (κ2) is 8.20. The fourth-order valence-electron chi connectivity index (χ4n) is 2.71. The summed E-state index contributed by atoms with van der Waals surface area (Å²) >= 11 is 0. The number of imidazole rings is 1. The van der Waals surface area contributed by atoms with Gasteiger partial charge in [0.05, 0.1) is 13.7 Å². The summed E-state index contributed by atoms with van der Waals surface area (Å²) in [5, 5.41) is 2.87. The van der Waals surface area contributed by atoms with Gasteiger partial charge in [0.2, 0.25) is 0 Å². The molecule has 134 valence electrons. The number of methoxy groups -OCH3 is 1. The van der Waals surface area contributed by atoms with Crippen LogP contribution in [0.3, 0.4) is 0 Å². The Kier molecular flexibility index (Phi) is 5.53. The minimum Gasteiger partial charge on any atom is -0.497 e. The highest BCUT2D eigenvalue weighted by Gasteiger charge is 2.14. The van der Waals surface area contributed by atoms with E-state index in [9.17, 15) is 9.59 Å². The van der Waals surface area contributed by atoms with Crippen molar-refractivity contribution in [3.8, 4) is 5.75 Å². The number of carbonyl (C=O) groups excluding carboxylic acids is 1. The van der Waals surface area contributed by atoms with Crippen LogP contribution in [0.1, 0.15) is 21.6 Å². The quantitative estimate of drug-likeness (QED) is 0.685. The lowest BCUT2D eigenvalue weighted by Crippen LogP contribution is -2.30. The van der Waals surface area contributed by atoms with Gasteiger partial charge >= 0.3 is 5.69 Å². The van der Waals surface area contributed by atoms with Crippen LogP contribution in [0.25, 0.3) is 0 Å². The minimum atomic E-state index is -0.297. The first-order valence-electron chi connectivity index (χ1n) is 8.40. The van der Waals surface area contributed by atoms with Crippen molar-refractivity contribution in [3.05, 3.63) is 88.1 Å². The Morgan fingerprint density at radius 3 is 2.50 bits per heavy atom. The largest absolute Gasteiger partial charge is 0.497 e. The Morgan fingerprint density at radius 1 is 1.08 bits per heavy atom. The first kappa shape index (κ1) is 17.5. The maximum atomic E-state index is 12.4. The molecule has 6 heteroatoms. The van der Waals surface area contributed by atoms with Crippen LogP contribution >= 0.6 is 0 Å². The van der Waals surface area contributed by atoms with Crippen LogP contribution in [-0.2, 0) is 13.0 Å². The molecular formula is C20H21N3O3. The molecule has 26 heavy (non-hydrogen) atoms. The highest BCUT2D eigenvalue weighted by Crippen LogP contribution is 2.11. The van der Waals surface area contributed by atoms with E-state index in [0.29, 0.717) is 25.2 Å². The van der Waals surface area contributed by atoms with Crippen LogP contribution in [0, 0.1) is 0 Å².